The number of guanidine groups is 1. The van der Waals surface area contributed by atoms with Gasteiger partial charge in [-0.15, -0.1) is 0 Å². The number of rotatable bonds is 7. The molecule has 0 aliphatic carbocycles. The van der Waals surface area contributed by atoms with Crippen LogP contribution in [0, 0.1) is 6.92 Å². The van der Waals surface area contributed by atoms with Crippen molar-refractivity contribution in [1.29, 1.82) is 0 Å². The number of ether oxygens (including phenoxy) is 1. The average Bonchev–Trinajstić information content (AvgIpc) is 3.00. The van der Waals surface area contributed by atoms with Crippen LogP contribution >= 0.6 is 0 Å². The van der Waals surface area contributed by atoms with Gasteiger partial charge in [0.2, 0.25) is 0 Å². The van der Waals surface area contributed by atoms with Crippen LogP contribution < -0.4 is 15.8 Å². The molecule has 1 aromatic carbocycles. The molecule has 0 saturated carbocycles. The van der Waals surface area contributed by atoms with E-state index < -0.39 is 6.61 Å². The second-order valence-electron chi connectivity index (χ2n) is 6.00. The second-order valence-corrected chi connectivity index (χ2v) is 6.00. The van der Waals surface area contributed by atoms with Crippen molar-refractivity contribution in [2.75, 3.05) is 19.6 Å². The highest BCUT2D eigenvalue weighted by Gasteiger charge is 2.22. The Hall–Kier alpha value is -1.89. The smallest absolute Gasteiger partial charge is 0.387 e. The maximum Gasteiger partial charge on any atom is 0.387 e. The highest BCUT2D eigenvalue weighted by Crippen LogP contribution is 2.23. The highest BCUT2D eigenvalue weighted by molar-refractivity contribution is 5.77. The quantitative estimate of drug-likeness (QED) is 0.591. The zero-order valence-corrected chi connectivity index (χ0v) is 14.3. The van der Waals surface area contributed by atoms with Gasteiger partial charge in [-0.2, -0.15) is 8.78 Å². The molecule has 1 fully saturated rings. The van der Waals surface area contributed by atoms with Crippen LogP contribution in [0.2, 0.25) is 0 Å². The first-order chi connectivity index (χ1) is 11.5. The summed E-state index contributed by atoms with van der Waals surface area (Å²) in [7, 11) is 0. The molecular weight excluding hydrogens is 314 g/mol. The van der Waals surface area contributed by atoms with Crippen LogP contribution in [0.5, 0.6) is 5.75 Å². The summed E-state index contributed by atoms with van der Waals surface area (Å²) in [6, 6.07) is 5.52. The first-order valence-electron chi connectivity index (χ1n) is 8.31. The standard InChI is InChI=1S/C17H26F2N4O/c1-3-23-8-4-5-14(23)11-22-17(20)21-10-13-9-12(2)6-7-15(13)24-16(18)19/h6-7,9,14,16H,3-5,8,10-11H2,1-2H3,(H3,20,21,22). The molecule has 7 heteroatoms. The number of nitrogens with one attached hydrogen (secondary N) is 1. The van der Waals surface area contributed by atoms with E-state index in [2.05, 4.69) is 26.9 Å². The molecule has 5 nitrogen and oxygen atoms in total. The molecule has 1 unspecified atom stereocenters. The number of alkyl halides is 2. The molecule has 134 valence electrons. The molecular formula is C17H26F2N4O. The Morgan fingerprint density at radius 1 is 1.50 bits per heavy atom. The number of hydrogen-bond donors (Lipinski definition) is 2. The molecule has 0 amide bonds. The monoisotopic (exact) mass is 340 g/mol. The minimum atomic E-state index is -2.85. The van der Waals surface area contributed by atoms with E-state index in [-0.39, 0.29) is 12.3 Å². The lowest BCUT2D eigenvalue weighted by Crippen LogP contribution is -2.42. The summed E-state index contributed by atoms with van der Waals surface area (Å²) >= 11 is 0. The van der Waals surface area contributed by atoms with Gasteiger partial charge in [-0.3, -0.25) is 4.90 Å². The Bertz CT molecular complexity index is 566. The van der Waals surface area contributed by atoms with Gasteiger partial charge in [0, 0.05) is 18.2 Å². The maximum absolute atomic E-state index is 12.5. The predicted octanol–water partition coefficient (Wildman–Crippen LogP) is 2.49. The van der Waals surface area contributed by atoms with Gasteiger partial charge in [0.05, 0.1) is 6.54 Å². The van der Waals surface area contributed by atoms with E-state index in [4.69, 9.17) is 5.73 Å². The summed E-state index contributed by atoms with van der Waals surface area (Å²) in [5, 5.41) is 3.13. The summed E-state index contributed by atoms with van der Waals surface area (Å²) in [5.41, 5.74) is 7.46. The Morgan fingerprint density at radius 2 is 2.29 bits per heavy atom. The molecule has 3 N–H and O–H groups in total. The number of likely N-dealkylation sites (tertiary alicyclic amines) is 1. The molecule has 1 saturated heterocycles. The lowest BCUT2D eigenvalue weighted by Gasteiger charge is -2.23. The van der Waals surface area contributed by atoms with Gasteiger partial charge < -0.3 is 15.8 Å². The molecule has 24 heavy (non-hydrogen) atoms. The Balaban J connectivity index is 1.93. The van der Waals surface area contributed by atoms with Crippen LogP contribution in [0.1, 0.15) is 30.9 Å². The number of nitrogens with two attached hydrogens (primary N) is 1. The Labute approximate surface area is 141 Å². The highest BCUT2D eigenvalue weighted by atomic mass is 19.3. The molecule has 1 aliphatic rings. The first kappa shape index (κ1) is 18.4. The third-order valence-electron chi connectivity index (χ3n) is 4.28. The number of aryl methyl sites for hydroxylation is 1. The lowest BCUT2D eigenvalue weighted by atomic mass is 10.1. The average molecular weight is 340 g/mol. The third-order valence-corrected chi connectivity index (χ3v) is 4.28. The molecule has 1 aliphatic heterocycles. The van der Waals surface area contributed by atoms with Crippen LogP contribution in [0.25, 0.3) is 0 Å². The molecule has 0 bridgehead atoms. The van der Waals surface area contributed by atoms with Crippen molar-refractivity contribution in [3.8, 4) is 5.75 Å². The normalized spacial score (nSPS) is 19.0. The molecule has 0 aromatic heterocycles. The SMILES string of the molecule is CCN1CCCC1CNC(N)=NCc1cc(C)ccc1OC(F)F. The molecule has 1 atom stereocenters. The summed E-state index contributed by atoms with van der Waals surface area (Å²) in [6.45, 7) is 4.28. The zero-order chi connectivity index (χ0) is 17.5. The van der Waals surface area contributed by atoms with E-state index >= 15 is 0 Å². The zero-order valence-electron chi connectivity index (χ0n) is 14.3. The lowest BCUT2D eigenvalue weighted by molar-refractivity contribution is -0.0504. The Morgan fingerprint density at radius 3 is 3.00 bits per heavy atom. The number of aliphatic imine (C=N–C) groups is 1. The molecule has 1 heterocycles. The third kappa shape index (κ3) is 5.33. The van der Waals surface area contributed by atoms with E-state index in [0.717, 1.165) is 31.6 Å². The largest absolute Gasteiger partial charge is 0.434 e. The van der Waals surface area contributed by atoms with E-state index in [1.54, 1.807) is 12.1 Å². The van der Waals surface area contributed by atoms with Gasteiger partial charge in [0.25, 0.3) is 0 Å². The van der Waals surface area contributed by atoms with Crippen molar-refractivity contribution >= 4 is 5.96 Å². The van der Waals surface area contributed by atoms with Crippen LogP contribution in [-0.4, -0.2) is 43.1 Å². The second kappa shape index (κ2) is 8.82. The van der Waals surface area contributed by atoms with Gasteiger partial charge >= 0.3 is 6.61 Å². The fraction of sp³-hybridized carbons (Fsp3) is 0.588. The number of benzene rings is 1. The summed E-state index contributed by atoms with van der Waals surface area (Å²) in [5.74, 6) is 0.461. The van der Waals surface area contributed by atoms with Gasteiger partial charge in [0.15, 0.2) is 5.96 Å². The summed E-state index contributed by atoms with van der Waals surface area (Å²) in [4.78, 5) is 6.67. The van der Waals surface area contributed by atoms with Crippen molar-refractivity contribution in [1.82, 2.24) is 10.2 Å². The Kier molecular flexibility index (Phi) is 6.78. The first-order valence-corrected chi connectivity index (χ1v) is 8.31. The minimum Gasteiger partial charge on any atom is -0.434 e. The molecule has 0 radical (unpaired) electrons. The van der Waals surface area contributed by atoms with E-state index in [1.165, 1.54) is 12.5 Å². The van der Waals surface area contributed by atoms with Crippen molar-refractivity contribution < 1.29 is 13.5 Å². The van der Waals surface area contributed by atoms with Gasteiger partial charge in [-0.1, -0.05) is 24.6 Å². The number of nitrogens with zero attached hydrogens (tertiary/aromatic N) is 2. The fourth-order valence-corrected chi connectivity index (χ4v) is 3.03. The predicted molar refractivity (Wildman–Crippen MR) is 91.4 cm³/mol. The number of halogens is 2. The number of likely N-dealkylation sites (N-methyl/N-ethyl adjacent to an activating group) is 1. The van der Waals surface area contributed by atoms with Crippen LogP contribution in [-0.2, 0) is 6.54 Å². The molecule has 2 rings (SSSR count). The van der Waals surface area contributed by atoms with Crippen molar-refractivity contribution in [2.45, 2.75) is 45.9 Å². The summed E-state index contributed by atoms with van der Waals surface area (Å²) < 4.78 is 29.5. The number of hydrogen-bond acceptors (Lipinski definition) is 3. The van der Waals surface area contributed by atoms with E-state index in [9.17, 15) is 8.78 Å². The fourth-order valence-electron chi connectivity index (χ4n) is 3.03. The van der Waals surface area contributed by atoms with Gasteiger partial charge in [-0.05, 0) is 38.9 Å². The topological polar surface area (TPSA) is 62.9 Å². The van der Waals surface area contributed by atoms with Crippen molar-refractivity contribution in [3.05, 3.63) is 29.3 Å². The molecule has 0 spiro atoms. The van der Waals surface area contributed by atoms with Gasteiger partial charge in [0.1, 0.15) is 5.75 Å². The molecule has 1 aromatic rings. The van der Waals surface area contributed by atoms with E-state index in [1.807, 2.05) is 6.92 Å². The summed E-state index contributed by atoms with van der Waals surface area (Å²) in [6.07, 6.45) is 2.35. The van der Waals surface area contributed by atoms with Crippen molar-refractivity contribution in [2.24, 2.45) is 10.7 Å². The van der Waals surface area contributed by atoms with Gasteiger partial charge in [-0.25, -0.2) is 4.99 Å². The maximum atomic E-state index is 12.5. The van der Waals surface area contributed by atoms with Crippen LogP contribution in [0.3, 0.4) is 0 Å². The van der Waals surface area contributed by atoms with Crippen molar-refractivity contribution in [3.63, 3.8) is 0 Å². The van der Waals surface area contributed by atoms with Crippen LogP contribution in [0.4, 0.5) is 8.78 Å². The van der Waals surface area contributed by atoms with Crippen LogP contribution in [0.15, 0.2) is 23.2 Å². The minimum absolute atomic E-state index is 0.139. The van der Waals surface area contributed by atoms with E-state index in [0.29, 0.717) is 17.6 Å².